The van der Waals surface area contributed by atoms with Gasteiger partial charge in [-0.2, -0.15) is 0 Å². The van der Waals surface area contributed by atoms with E-state index in [1.807, 2.05) is 54.6 Å². The van der Waals surface area contributed by atoms with Crippen LogP contribution in [0.5, 0.6) is 5.75 Å². The summed E-state index contributed by atoms with van der Waals surface area (Å²) in [5, 5.41) is 11.0. The zero-order chi connectivity index (χ0) is 33.6. The fourth-order valence-electron chi connectivity index (χ4n) is 4.84. The van der Waals surface area contributed by atoms with Gasteiger partial charge in [0.2, 0.25) is 0 Å². The summed E-state index contributed by atoms with van der Waals surface area (Å²) in [5.41, 5.74) is 0.943. The minimum atomic E-state index is -1.20. The van der Waals surface area contributed by atoms with Crippen LogP contribution in [0.15, 0.2) is 78.9 Å². The molecule has 0 N–H and O–H groups in total. The van der Waals surface area contributed by atoms with E-state index in [4.69, 9.17) is 23.7 Å². The van der Waals surface area contributed by atoms with E-state index in [0.717, 1.165) is 16.7 Å². The van der Waals surface area contributed by atoms with E-state index in [-0.39, 0.29) is 24.4 Å². The number of nitro benzene ring substituents is 1. The number of amides is 1. The molecule has 0 bridgehead atoms. The first kappa shape index (κ1) is 33.8. The lowest BCUT2D eigenvalue weighted by Crippen LogP contribution is -2.45. The summed E-state index contributed by atoms with van der Waals surface area (Å²) in [5.74, 6) is -0.00439. The molecule has 1 aliphatic rings. The van der Waals surface area contributed by atoms with Crippen molar-refractivity contribution in [2.75, 3.05) is 6.54 Å². The first-order valence-corrected chi connectivity index (χ1v) is 14.7. The number of non-ortho nitro benzene ring substituents is 1. The van der Waals surface area contributed by atoms with Gasteiger partial charge in [-0.1, -0.05) is 54.6 Å². The van der Waals surface area contributed by atoms with Crippen molar-refractivity contribution in [2.45, 2.75) is 77.4 Å². The lowest BCUT2D eigenvalue weighted by molar-refractivity contribution is -0.384. The van der Waals surface area contributed by atoms with E-state index in [1.165, 1.54) is 29.2 Å². The molecule has 0 spiro atoms. The Bertz CT molecular complexity index is 1530. The second-order valence-corrected chi connectivity index (χ2v) is 12.8. The van der Waals surface area contributed by atoms with Crippen LogP contribution >= 0.6 is 0 Å². The standard InChI is InChI=1S/C34H38N2O10/c1-33(2,3)45-30(37)35-21-28(43-32(39)46-34(4,5)6)29(44-31(38)42-26-18-16-25(17-19-26)36(40)41)27(35)20-22-12-14-24(15-13-22)23-10-8-7-9-11-23/h7-19,27-29H,20-21H2,1-6H3/t27-,28+,29+/m1/s1. The summed E-state index contributed by atoms with van der Waals surface area (Å²) < 4.78 is 27.7. The molecule has 0 aliphatic carbocycles. The van der Waals surface area contributed by atoms with Crippen molar-refractivity contribution in [3.05, 3.63) is 94.5 Å². The summed E-state index contributed by atoms with van der Waals surface area (Å²) in [7, 11) is 0. The van der Waals surface area contributed by atoms with Gasteiger partial charge in [0.1, 0.15) is 17.0 Å². The normalized spacial score (nSPS) is 18.0. The quantitative estimate of drug-likeness (QED) is 0.0852. The van der Waals surface area contributed by atoms with Gasteiger partial charge in [-0.3, -0.25) is 15.0 Å². The maximum Gasteiger partial charge on any atom is 0.514 e. The molecule has 1 fully saturated rings. The van der Waals surface area contributed by atoms with E-state index in [0.29, 0.717) is 0 Å². The second-order valence-electron chi connectivity index (χ2n) is 12.8. The molecular weight excluding hydrogens is 596 g/mol. The Kier molecular flexibility index (Phi) is 10.2. The highest BCUT2D eigenvalue weighted by Crippen LogP contribution is 2.31. The van der Waals surface area contributed by atoms with Gasteiger partial charge < -0.3 is 23.7 Å². The van der Waals surface area contributed by atoms with Gasteiger partial charge in [-0.05, 0) is 76.8 Å². The molecule has 4 rings (SSSR count). The number of hydrogen-bond acceptors (Lipinski definition) is 10. The van der Waals surface area contributed by atoms with Crippen LogP contribution in [0.1, 0.15) is 47.1 Å². The SMILES string of the molecule is CC(C)(C)OC(=O)O[C@H]1CN(C(=O)OC(C)(C)C)[C@H](Cc2ccc(-c3ccccc3)cc2)[C@@H]1OC(=O)Oc1ccc([N+](=O)[O-])cc1. The Balaban J connectivity index is 1.64. The van der Waals surface area contributed by atoms with Crippen molar-refractivity contribution in [1.29, 1.82) is 0 Å². The second kappa shape index (κ2) is 13.9. The molecule has 3 aromatic carbocycles. The molecule has 12 nitrogen and oxygen atoms in total. The lowest BCUT2D eigenvalue weighted by Gasteiger charge is -2.30. The first-order valence-electron chi connectivity index (χ1n) is 14.7. The predicted octanol–water partition coefficient (Wildman–Crippen LogP) is 7.33. The molecule has 0 saturated carbocycles. The summed E-state index contributed by atoms with van der Waals surface area (Å²) in [4.78, 5) is 51.1. The number of rotatable bonds is 7. The van der Waals surface area contributed by atoms with Crippen molar-refractivity contribution in [2.24, 2.45) is 0 Å². The molecule has 244 valence electrons. The van der Waals surface area contributed by atoms with Gasteiger partial charge >= 0.3 is 18.4 Å². The van der Waals surface area contributed by atoms with E-state index in [9.17, 15) is 24.5 Å². The van der Waals surface area contributed by atoms with Crippen LogP contribution in [0.4, 0.5) is 20.1 Å². The number of hydrogen-bond donors (Lipinski definition) is 0. The third kappa shape index (κ3) is 9.43. The molecule has 46 heavy (non-hydrogen) atoms. The average molecular weight is 635 g/mol. The Morgan fingerprint density at radius 2 is 1.37 bits per heavy atom. The summed E-state index contributed by atoms with van der Waals surface area (Å²) in [6.45, 7) is 10.0. The topological polar surface area (TPSA) is 144 Å². The maximum absolute atomic E-state index is 13.5. The zero-order valence-corrected chi connectivity index (χ0v) is 26.6. The first-order chi connectivity index (χ1) is 21.6. The van der Waals surface area contributed by atoms with Gasteiger partial charge in [0.05, 0.1) is 17.5 Å². The van der Waals surface area contributed by atoms with E-state index in [1.54, 1.807) is 41.5 Å². The third-order valence-electron chi connectivity index (χ3n) is 6.77. The van der Waals surface area contributed by atoms with Gasteiger partial charge in [-0.25, -0.2) is 14.4 Å². The summed E-state index contributed by atoms with van der Waals surface area (Å²) >= 11 is 0. The fraction of sp³-hybridized carbons (Fsp3) is 0.382. The van der Waals surface area contributed by atoms with Crippen molar-refractivity contribution in [1.82, 2.24) is 4.90 Å². The molecule has 3 atom stereocenters. The maximum atomic E-state index is 13.5. The van der Waals surface area contributed by atoms with Crippen LogP contribution in [-0.2, 0) is 25.4 Å². The van der Waals surface area contributed by atoms with Gasteiger partial charge in [0.15, 0.2) is 12.2 Å². The highest BCUT2D eigenvalue weighted by atomic mass is 16.8. The number of nitrogens with zero attached hydrogens (tertiary/aromatic N) is 2. The van der Waals surface area contributed by atoms with Crippen LogP contribution in [0, 0.1) is 10.1 Å². The number of benzene rings is 3. The Morgan fingerprint density at radius 1 is 0.783 bits per heavy atom. The number of ether oxygens (including phenoxy) is 5. The Labute approximate surface area is 267 Å². The Hall–Kier alpha value is -5.13. The van der Waals surface area contributed by atoms with E-state index < -0.39 is 52.8 Å². The predicted molar refractivity (Wildman–Crippen MR) is 167 cm³/mol. The Morgan fingerprint density at radius 3 is 1.93 bits per heavy atom. The minimum Gasteiger partial charge on any atom is -0.444 e. The molecular formula is C34H38N2O10. The highest BCUT2D eigenvalue weighted by Gasteiger charge is 2.50. The van der Waals surface area contributed by atoms with Crippen LogP contribution in [0.3, 0.4) is 0 Å². The number of nitro groups is 1. The molecule has 1 heterocycles. The average Bonchev–Trinajstić information content (AvgIpc) is 3.28. The largest absolute Gasteiger partial charge is 0.514 e. The van der Waals surface area contributed by atoms with Crippen molar-refractivity contribution >= 4 is 24.1 Å². The number of likely N-dealkylation sites (tertiary alicyclic amines) is 1. The number of carbonyl (C=O) groups excluding carboxylic acids is 3. The molecule has 0 radical (unpaired) electrons. The fourth-order valence-corrected chi connectivity index (χ4v) is 4.84. The van der Waals surface area contributed by atoms with Gasteiger partial charge in [0, 0.05) is 12.1 Å². The number of carbonyl (C=O) groups is 3. The van der Waals surface area contributed by atoms with Crippen molar-refractivity contribution in [3.8, 4) is 16.9 Å². The van der Waals surface area contributed by atoms with Crippen molar-refractivity contribution < 1.29 is 43.0 Å². The van der Waals surface area contributed by atoms with E-state index >= 15 is 0 Å². The van der Waals surface area contributed by atoms with E-state index in [2.05, 4.69) is 0 Å². The highest BCUT2D eigenvalue weighted by molar-refractivity contribution is 5.71. The lowest BCUT2D eigenvalue weighted by atomic mass is 9.98. The van der Waals surface area contributed by atoms with Crippen LogP contribution < -0.4 is 4.74 Å². The smallest absolute Gasteiger partial charge is 0.444 e. The summed E-state index contributed by atoms with van der Waals surface area (Å²) in [6.07, 6.45) is -4.98. The van der Waals surface area contributed by atoms with Crippen LogP contribution in [-0.4, -0.2) is 64.2 Å². The van der Waals surface area contributed by atoms with Gasteiger partial charge in [0.25, 0.3) is 5.69 Å². The zero-order valence-electron chi connectivity index (χ0n) is 26.6. The third-order valence-corrected chi connectivity index (χ3v) is 6.77. The minimum absolute atomic E-state index is 0.00439. The van der Waals surface area contributed by atoms with Crippen molar-refractivity contribution in [3.63, 3.8) is 0 Å². The molecule has 0 unspecified atom stereocenters. The molecule has 0 aromatic heterocycles. The summed E-state index contributed by atoms with van der Waals surface area (Å²) in [6, 6.07) is 21.6. The molecule has 1 saturated heterocycles. The van der Waals surface area contributed by atoms with Gasteiger partial charge in [-0.15, -0.1) is 0 Å². The molecule has 1 amide bonds. The molecule has 3 aromatic rings. The monoisotopic (exact) mass is 634 g/mol. The molecule has 12 heteroatoms. The van der Waals surface area contributed by atoms with Crippen LogP contribution in [0.25, 0.3) is 11.1 Å². The van der Waals surface area contributed by atoms with Crippen LogP contribution in [0.2, 0.25) is 0 Å². The molecule has 1 aliphatic heterocycles.